The van der Waals surface area contributed by atoms with Gasteiger partial charge in [0.1, 0.15) is 13.2 Å². The molecular formula is C72H128NO8+. The third-order valence-corrected chi connectivity index (χ3v) is 14.6. The standard InChI is InChI=1S/C72H127NO8/c1-6-8-10-12-14-16-18-20-22-24-25-26-27-28-29-30-31-32-33-34-35-36-37-38-39-40-41-42-43-44-45-47-49-51-53-55-57-59-61-63-70(75)81-68(67-80-72(71(76)77)78-65-64-73(3,4)5)66-79-69(74)62-60-58-56-54-52-50-48-46-23-21-19-17-15-13-11-9-7-2/h8,10,14-17,20-23,25-26,28-29,68,72H,6-7,9,11-13,18-19,24,27,30-67H2,1-5H3/p+1/b10-8-,16-14-,17-15-,22-20-,23-21-,26-25-,29-28-. The van der Waals surface area contributed by atoms with Gasteiger partial charge >= 0.3 is 17.9 Å². The van der Waals surface area contributed by atoms with Gasteiger partial charge in [-0.3, -0.25) is 9.59 Å². The molecule has 0 saturated carbocycles. The second-order valence-electron chi connectivity index (χ2n) is 23.7. The van der Waals surface area contributed by atoms with Gasteiger partial charge < -0.3 is 28.5 Å². The number of likely N-dealkylation sites (N-methyl/N-ethyl adjacent to an activating group) is 1. The van der Waals surface area contributed by atoms with Crippen molar-refractivity contribution in [2.75, 3.05) is 47.5 Å². The Morgan fingerprint density at radius 3 is 1.05 bits per heavy atom. The van der Waals surface area contributed by atoms with E-state index in [2.05, 4.69) is 98.9 Å². The number of carboxylic acids is 1. The van der Waals surface area contributed by atoms with E-state index in [1.807, 2.05) is 21.1 Å². The van der Waals surface area contributed by atoms with Crippen molar-refractivity contribution in [1.82, 2.24) is 0 Å². The van der Waals surface area contributed by atoms with Crippen molar-refractivity contribution in [3.63, 3.8) is 0 Å². The van der Waals surface area contributed by atoms with Crippen LogP contribution in [0.15, 0.2) is 85.1 Å². The Balaban J connectivity index is 4.00. The molecule has 2 atom stereocenters. The molecule has 0 bridgehead atoms. The molecule has 0 radical (unpaired) electrons. The van der Waals surface area contributed by atoms with Gasteiger partial charge in [0.25, 0.3) is 6.29 Å². The van der Waals surface area contributed by atoms with Crippen LogP contribution in [0.1, 0.15) is 296 Å². The zero-order valence-electron chi connectivity index (χ0n) is 53.4. The van der Waals surface area contributed by atoms with Crippen LogP contribution in [0.3, 0.4) is 0 Å². The molecule has 0 aromatic carbocycles. The summed E-state index contributed by atoms with van der Waals surface area (Å²) in [6, 6.07) is 0. The number of ether oxygens (including phenoxy) is 4. The maximum atomic E-state index is 12.9. The van der Waals surface area contributed by atoms with Crippen LogP contribution in [0.5, 0.6) is 0 Å². The molecule has 81 heavy (non-hydrogen) atoms. The first-order chi connectivity index (χ1) is 39.6. The van der Waals surface area contributed by atoms with Crippen molar-refractivity contribution in [2.45, 2.75) is 309 Å². The summed E-state index contributed by atoms with van der Waals surface area (Å²) in [7, 11) is 5.97. The Labute approximate surface area is 500 Å². The van der Waals surface area contributed by atoms with Crippen molar-refractivity contribution in [3.05, 3.63) is 85.1 Å². The molecule has 0 heterocycles. The van der Waals surface area contributed by atoms with E-state index in [9.17, 15) is 19.5 Å². The van der Waals surface area contributed by atoms with Crippen molar-refractivity contribution >= 4 is 17.9 Å². The minimum atomic E-state index is -1.51. The summed E-state index contributed by atoms with van der Waals surface area (Å²) < 4.78 is 22.9. The lowest BCUT2D eigenvalue weighted by atomic mass is 10.0. The monoisotopic (exact) mass is 1130 g/mol. The van der Waals surface area contributed by atoms with Crippen molar-refractivity contribution in [3.8, 4) is 0 Å². The number of rotatable bonds is 62. The molecule has 0 aliphatic rings. The maximum Gasteiger partial charge on any atom is 0.361 e. The van der Waals surface area contributed by atoms with Gasteiger partial charge in [0, 0.05) is 12.8 Å². The highest BCUT2D eigenvalue weighted by molar-refractivity contribution is 5.71. The Hall–Kier alpha value is -3.53. The number of unbranched alkanes of at least 4 members (excludes halogenated alkanes) is 33. The van der Waals surface area contributed by atoms with Crippen molar-refractivity contribution in [2.24, 2.45) is 0 Å². The second kappa shape index (κ2) is 62.5. The van der Waals surface area contributed by atoms with Gasteiger partial charge in [0.2, 0.25) is 0 Å². The number of carbonyl (C=O) groups excluding carboxylic acids is 2. The van der Waals surface area contributed by atoms with Gasteiger partial charge in [0.05, 0.1) is 34.4 Å². The van der Waals surface area contributed by atoms with Crippen LogP contribution in [0.4, 0.5) is 0 Å². The highest BCUT2D eigenvalue weighted by Gasteiger charge is 2.25. The Morgan fingerprint density at radius 1 is 0.383 bits per heavy atom. The third kappa shape index (κ3) is 63.9. The summed E-state index contributed by atoms with van der Waals surface area (Å²) in [6.07, 6.45) is 81.3. The topological polar surface area (TPSA) is 108 Å². The summed E-state index contributed by atoms with van der Waals surface area (Å²) in [6.45, 7) is 4.75. The molecule has 0 fully saturated rings. The molecule has 0 aliphatic carbocycles. The first-order valence-electron chi connectivity index (χ1n) is 33.8. The van der Waals surface area contributed by atoms with Crippen LogP contribution in [0.2, 0.25) is 0 Å². The molecule has 0 spiro atoms. The third-order valence-electron chi connectivity index (χ3n) is 14.6. The fraction of sp³-hybridized carbons (Fsp3) is 0.764. The molecule has 1 N–H and O–H groups in total. The summed E-state index contributed by atoms with van der Waals surface area (Å²) in [5, 5.41) is 9.72. The average Bonchev–Trinajstić information content (AvgIpc) is 3.44. The lowest BCUT2D eigenvalue weighted by Gasteiger charge is -2.25. The molecular weight excluding hydrogens is 1010 g/mol. The van der Waals surface area contributed by atoms with E-state index in [4.69, 9.17) is 18.9 Å². The first kappa shape index (κ1) is 77.5. The maximum absolute atomic E-state index is 12.9. The Morgan fingerprint density at radius 2 is 0.704 bits per heavy atom. The van der Waals surface area contributed by atoms with Crippen LogP contribution in [0.25, 0.3) is 0 Å². The van der Waals surface area contributed by atoms with Crippen LogP contribution in [0, 0.1) is 0 Å². The van der Waals surface area contributed by atoms with Gasteiger partial charge in [-0.1, -0.05) is 279 Å². The van der Waals surface area contributed by atoms with Gasteiger partial charge in [-0.2, -0.15) is 0 Å². The van der Waals surface area contributed by atoms with E-state index < -0.39 is 24.3 Å². The van der Waals surface area contributed by atoms with Gasteiger partial charge in [-0.05, 0) is 89.9 Å². The van der Waals surface area contributed by atoms with E-state index in [1.54, 1.807) is 0 Å². The number of quaternary nitrogens is 1. The number of hydrogen-bond acceptors (Lipinski definition) is 7. The summed E-state index contributed by atoms with van der Waals surface area (Å²) >= 11 is 0. The minimum absolute atomic E-state index is 0.185. The molecule has 9 nitrogen and oxygen atoms in total. The predicted molar refractivity (Wildman–Crippen MR) is 346 cm³/mol. The molecule has 0 aromatic heterocycles. The summed E-state index contributed by atoms with van der Waals surface area (Å²) in [5.74, 6) is -2.00. The van der Waals surface area contributed by atoms with Crippen molar-refractivity contribution in [1.29, 1.82) is 0 Å². The number of carbonyl (C=O) groups is 3. The highest BCUT2D eigenvalue weighted by Crippen LogP contribution is 2.18. The number of carboxylic acid groups (broad SMARTS) is 1. The van der Waals surface area contributed by atoms with Crippen LogP contribution < -0.4 is 0 Å². The fourth-order valence-corrected chi connectivity index (χ4v) is 9.48. The number of nitrogens with zero attached hydrogens (tertiary/aromatic N) is 1. The lowest BCUT2D eigenvalue weighted by Crippen LogP contribution is -2.40. The first-order valence-corrected chi connectivity index (χ1v) is 33.8. The largest absolute Gasteiger partial charge is 0.477 e. The van der Waals surface area contributed by atoms with E-state index in [0.717, 1.165) is 89.9 Å². The lowest BCUT2D eigenvalue weighted by molar-refractivity contribution is -0.870. The minimum Gasteiger partial charge on any atom is -0.477 e. The Kier molecular flexibility index (Phi) is 59.8. The Bertz CT molecular complexity index is 1600. The normalized spacial score (nSPS) is 13.2. The van der Waals surface area contributed by atoms with Crippen LogP contribution in [-0.2, 0) is 33.3 Å². The quantitative estimate of drug-likeness (QED) is 0.0211. The number of allylic oxidation sites excluding steroid dienone is 14. The van der Waals surface area contributed by atoms with E-state index in [-0.39, 0.29) is 32.2 Å². The van der Waals surface area contributed by atoms with Gasteiger partial charge in [-0.25, -0.2) is 4.79 Å². The zero-order chi connectivity index (χ0) is 59.1. The summed E-state index contributed by atoms with van der Waals surface area (Å²) in [4.78, 5) is 37.5. The molecule has 0 saturated heterocycles. The number of aliphatic carboxylic acids is 1. The van der Waals surface area contributed by atoms with Crippen molar-refractivity contribution < 1.29 is 42.9 Å². The smallest absolute Gasteiger partial charge is 0.361 e. The molecule has 2 unspecified atom stereocenters. The van der Waals surface area contributed by atoms with Crippen LogP contribution in [-0.4, -0.2) is 87.4 Å². The second-order valence-corrected chi connectivity index (χ2v) is 23.7. The van der Waals surface area contributed by atoms with E-state index >= 15 is 0 Å². The van der Waals surface area contributed by atoms with E-state index in [1.165, 1.54) is 180 Å². The highest BCUT2D eigenvalue weighted by atomic mass is 16.7. The molecule has 468 valence electrons. The average molecular weight is 1140 g/mol. The molecule has 0 aliphatic heterocycles. The summed E-state index contributed by atoms with van der Waals surface area (Å²) in [5.41, 5.74) is 0. The number of esters is 2. The molecule has 0 aromatic rings. The zero-order valence-corrected chi connectivity index (χ0v) is 53.4. The molecule has 9 heteroatoms. The number of hydrogen-bond donors (Lipinski definition) is 1. The SMILES string of the molecule is CC/C=C\C/C=C\C/C=C\C/C=C\C/C=C\CCCCCCCCCCCCCCCCCCCCCCCCCC(=O)OC(COC(=O)CCCCCCCCC/C=C\C/C=C\CCCCC)COC(OCC[N+](C)(C)C)C(=O)O. The molecule has 0 amide bonds. The van der Waals surface area contributed by atoms with Gasteiger partial charge in [0.15, 0.2) is 6.10 Å². The van der Waals surface area contributed by atoms with E-state index in [0.29, 0.717) is 17.4 Å². The fourth-order valence-electron chi connectivity index (χ4n) is 9.48. The van der Waals surface area contributed by atoms with Crippen LogP contribution >= 0.6 is 0 Å². The molecule has 0 rings (SSSR count). The van der Waals surface area contributed by atoms with Gasteiger partial charge in [-0.15, -0.1) is 0 Å². The predicted octanol–water partition coefficient (Wildman–Crippen LogP) is 20.7.